The molecule has 0 unspecified atom stereocenters. The highest BCUT2D eigenvalue weighted by atomic mass is 16.3. The van der Waals surface area contributed by atoms with Gasteiger partial charge in [-0.2, -0.15) is 4.57 Å². The smallest absolute Gasteiger partial charge is 0.233 e. The van der Waals surface area contributed by atoms with Gasteiger partial charge in [0.25, 0.3) is 0 Å². The lowest BCUT2D eigenvalue weighted by Crippen LogP contribution is -2.30. The molecular weight excluding hydrogens is 238 g/mol. The Labute approximate surface area is 111 Å². The zero-order chi connectivity index (χ0) is 13.2. The van der Waals surface area contributed by atoms with Gasteiger partial charge in [-0.3, -0.25) is 0 Å². The first kappa shape index (κ1) is 11.9. The first-order chi connectivity index (χ1) is 9.29. The Kier molecular flexibility index (Phi) is 3.01. The first-order valence-corrected chi connectivity index (χ1v) is 6.33. The molecule has 3 aromatic rings. The fraction of sp³-hybridized carbons (Fsp3) is 0.200. The molecule has 0 radical (unpaired) electrons. The van der Waals surface area contributed by atoms with Gasteiger partial charge < -0.3 is 10.4 Å². The second kappa shape index (κ2) is 4.82. The molecule has 3 rings (SSSR count). The summed E-state index contributed by atoms with van der Waals surface area (Å²) in [6.45, 7) is 0.677. The molecule has 4 heteroatoms. The second-order valence-electron chi connectivity index (χ2n) is 4.51. The molecule has 0 saturated heterocycles. The van der Waals surface area contributed by atoms with Crippen molar-refractivity contribution in [3.05, 3.63) is 42.5 Å². The van der Waals surface area contributed by atoms with E-state index in [0.29, 0.717) is 6.54 Å². The van der Waals surface area contributed by atoms with E-state index in [-0.39, 0.29) is 6.61 Å². The molecule has 0 atom stereocenters. The van der Waals surface area contributed by atoms with Crippen molar-refractivity contribution < 1.29 is 9.67 Å². The summed E-state index contributed by atoms with van der Waals surface area (Å²) in [7, 11) is 2.04. The predicted molar refractivity (Wildman–Crippen MR) is 76.0 cm³/mol. The van der Waals surface area contributed by atoms with Gasteiger partial charge in [0, 0.05) is 24.4 Å². The van der Waals surface area contributed by atoms with Crippen LogP contribution in [0.5, 0.6) is 0 Å². The van der Waals surface area contributed by atoms with Crippen molar-refractivity contribution in [3.8, 4) is 0 Å². The summed E-state index contributed by atoms with van der Waals surface area (Å²) in [6, 6.07) is 14.1. The third-order valence-corrected chi connectivity index (χ3v) is 3.26. The number of para-hydroxylation sites is 2. The number of benzene rings is 2. The van der Waals surface area contributed by atoms with E-state index in [1.165, 1.54) is 0 Å². The molecule has 0 spiro atoms. The van der Waals surface area contributed by atoms with Crippen molar-refractivity contribution in [1.29, 1.82) is 0 Å². The van der Waals surface area contributed by atoms with Gasteiger partial charge in [-0.1, -0.05) is 12.1 Å². The highest BCUT2D eigenvalue weighted by molar-refractivity contribution is 5.83. The summed E-state index contributed by atoms with van der Waals surface area (Å²) in [5, 5.41) is 12.0. The molecule has 4 nitrogen and oxygen atoms in total. The summed E-state index contributed by atoms with van der Waals surface area (Å²) in [4.78, 5) is 4.66. The Morgan fingerprint density at radius 1 is 1.11 bits per heavy atom. The Balaban J connectivity index is 2.21. The molecule has 0 saturated carbocycles. The first-order valence-electron chi connectivity index (χ1n) is 6.33. The van der Waals surface area contributed by atoms with Crippen LogP contribution in [0.4, 0.5) is 5.69 Å². The summed E-state index contributed by atoms with van der Waals surface area (Å²) in [5.74, 6) is 0. The quantitative estimate of drug-likeness (QED) is 0.551. The number of aryl methyl sites for hydroxylation is 1. The molecule has 1 aromatic heterocycles. The van der Waals surface area contributed by atoms with Gasteiger partial charge in [-0.05, 0) is 18.2 Å². The number of aliphatic hydroxyl groups excluding tert-OH is 1. The molecule has 96 valence electrons. The molecule has 0 aliphatic carbocycles. The van der Waals surface area contributed by atoms with Crippen LogP contribution in [0.2, 0.25) is 0 Å². The Bertz CT molecular complexity index is 740. The van der Waals surface area contributed by atoms with Crippen molar-refractivity contribution in [2.75, 3.05) is 18.5 Å². The van der Waals surface area contributed by atoms with E-state index in [9.17, 15) is 0 Å². The summed E-state index contributed by atoms with van der Waals surface area (Å²) >= 11 is 0. The second-order valence-corrected chi connectivity index (χ2v) is 4.51. The fourth-order valence-electron chi connectivity index (χ4n) is 2.30. The maximum absolute atomic E-state index is 8.86. The summed E-state index contributed by atoms with van der Waals surface area (Å²) < 4.78 is 2.14. The molecular formula is C15H16N3O+. The van der Waals surface area contributed by atoms with E-state index in [1.54, 1.807) is 0 Å². The number of rotatable bonds is 3. The van der Waals surface area contributed by atoms with Crippen LogP contribution >= 0.6 is 0 Å². The van der Waals surface area contributed by atoms with Crippen molar-refractivity contribution in [3.63, 3.8) is 0 Å². The van der Waals surface area contributed by atoms with E-state index in [1.807, 2.05) is 37.4 Å². The van der Waals surface area contributed by atoms with E-state index >= 15 is 0 Å². The molecule has 0 aliphatic rings. The van der Waals surface area contributed by atoms with Gasteiger partial charge in [0.1, 0.15) is 18.1 Å². The van der Waals surface area contributed by atoms with Gasteiger partial charge >= 0.3 is 0 Å². The van der Waals surface area contributed by atoms with Gasteiger partial charge in [-0.15, -0.1) is 0 Å². The van der Waals surface area contributed by atoms with E-state index in [4.69, 9.17) is 5.11 Å². The summed E-state index contributed by atoms with van der Waals surface area (Å²) in [5.41, 5.74) is 5.13. The molecule has 0 amide bonds. The summed E-state index contributed by atoms with van der Waals surface area (Å²) in [6.07, 6.45) is 0. The van der Waals surface area contributed by atoms with Crippen molar-refractivity contribution in [1.82, 2.24) is 4.98 Å². The van der Waals surface area contributed by atoms with Gasteiger partial charge in [-0.25, -0.2) is 4.98 Å². The maximum atomic E-state index is 8.86. The van der Waals surface area contributed by atoms with E-state index in [0.717, 1.165) is 27.8 Å². The highest BCUT2D eigenvalue weighted by Crippen LogP contribution is 2.17. The number of hydrogen-bond donors (Lipinski definition) is 2. The average Bonchev–Trinajstić information content (AvgIpc) is 2.46. The van der Waals surface area contributed by atoms with Crippen LogP contribution in [-0.4, -0.2) is 23.2 Å². The highest BCUT2D eigenvalue weighted by Gasteiger charge is 2.12. The van der Waals surface area contributed by atoms with Gasteiger partial charge in [0.2, 0.25) is 11.0 Å². The fourth-order valence-corrected chi connectivity index (χ4v) is 2.30. The molecule has 2 aromatic carbocycles. The molecule has 1 heterocycles. The number of nitrogens with zero attached hydrogens (tertiary/aromatic N) is 2. The molecule has 19 heavy (non-hydrogen) atoms. The van der Waals surface area contributed by atoms with Crippen LogP contribution in [0.3, 0.4) is 0 Å². The minimum Gasteiger partial charge on any atom is -0.395 e. The zero-order valence-electron chi connectivity index (χ0n) is 10.8. The van der Waals surface area contributed by atoms with Crippen LogP contribution in [-0.2, 0) is 7.05 Å². The average molecular weight is 254 g/mol. The number of hydrogen-bond acceptors (Lipinski definition) is 3. The van der Waals surface area contributed by atoms with Crippen molar-refractivity contribution in [2.45, 2.75) is 0 Å². The van der Waals surface area contributed by atoms with Crippen LogP contribution < -0.4 is 9.88 Å². The van der Waals surface area contributed by atoms with Crippen LogP contribution in [0.1, 0.15) is 0 Å². The topological polar surface area (TPSA) is 49.0 Å². The van der Waals surface area contributed by atoms with E-state index < -0.39 is 0 Å². The van der Waals surface area contributed by atoms with Crippen LogP contribution in [0.25, 0.3) is 22.1 Å². The lowest BCUT2D eigenvalue weighted by molar-refractivity contribution is -0.617. The maximum Gasteiger partial charge on any atom is 0.233 e. The molecule has 0 aliphatic heterocycles. The third-order valence-electron chi connectivity index (χ3n) is 3.26. The predicted octanol–water partition coefficient (Wildman–Crippen LogP) is 1.62. The Hall–Kier alpha value is -2.20. The number of aliphatic hydroxyl groups is 1. The SMILES string of the molecule is C[n+]1c2ccccc2nc2ccc(NCCO)cc21. The van der Waals surface area contributed by atoms with Crippen molar-refractivity contribution in [2.24, 2.45) is 7.05 Å². The number of anilines is 1. The van der Waals surface area contributed by atoms with Crippen LogP contribution in [0.15, 0.2) is 42.5 Å². The normalized spacial score (nSPS) is 11.1. The lowest BCUT2D eigenvalue weighted by Gasteiger charge is -2.05. The van der Waals surface area contributed by atoms with Crippen LogP contribution in [0, 0.1) is 0 Å². The molecule has 0 bridgehead atoms. The number of aromatic nitrogens is 2. The Morgan fingerprint density at radius 3 is 2.74 bits per heavy atom. The molecule has 0 fully saturated rings. The minimum absolute atomic E-state index is 0.125. The largest absolute Gasteiger partial charge is 0.395 e. The molecule has 2 N–H and O–H groups in total. The number of fused-ring (bicyclic) bond motifs is 2. The van der Waals surface area contributed by atoms with E-state index in [2.05, 4.69) is 27.0 Å². The Morgan fingerprint density at radius 2 is 1.89 bits per heavy atom. The lowest BCUT2D eigenvalue weighted by atomic mass is 10.2. The zero-order valence-corrected chi connectivity index (χ0v) is 10.8. The van der Waals surface area contributed by atoms with Gasteiger partial charge in [0.15, 0.2) is 0 Å². The standard InChI is InChI=1S/C15H15N3O/c1-18-14-5-3-2-4-12(14)17-13-7-6-11(10-15(13)18)16-8-9-19/h2-7,10,19H,8-9H2,1H3/p+1. The third kappa shape index (κ3) is 2.11. The number of nitrogens with one attached hydrogen (secondary N) is 1. The van der Waals surface area contributed by atoms with Crippen molar-refractivity contribution >= 4 is 27.8 Å². The monoisotopic (exact) mass is 254 g/mol. The minimum atomic E-state index is 0.125. The van der Waals surface area contributed by atoms with Gasteiger partial charge in [0.05, 0.1) is 6.61 Å².